The van der Waals surface area contributed by atoms with E-state index in [1.54, 1.807) is 0 Å². The number of H-pyrrole nitrogens is 2. The summed E-state index contributed by atoms with van der Waals surface area (Å²) in [5.41, 5.74) is -0.583. The molecule has 0 bridgehead atoms. The Morgan fingerprint density at radius 2 is 2.06 bits per heavy atom. The van der Waals surface area contributed by atoms with Gasteiger partial charge in [-0.2, -0.15) is 0 Å². The maximum atomic E-state index is 11.3. The highest BCUT2D eigenvalue weighted by Crippen LogP contribution is 2.27. The van der Waals surface area contributed by atoms with Crippen LogP contribution in [0.1, 0.15) is 6.23 Å². The monoisotopic (exact) mass is 249 g/mol. The van der Waals surface area contributed by atoms with Gasteiger partial charge in [0.1, 0.15) is 18.3 Å². The predicted octanol–water partition coefficient (Wildman–Crippen LogP) is -2.15. The molecule has 1 aliphatic heterocycles. The number of aromatic nitrogens is 3. The fraction of sp³-hybridized carbons (Fsp3) is 0.714. The lowest BCUT2D eigenvalue weighted by Crippen LogP contribution is -2.34. The van der Waals surface area contributed by atoms with Crippen LogP contribution < -0.4 is 5.69 Å². The highest BCUT2D eigenvalue weighted by Gasteiger charge is 2.44. The van der Waals surface area contributed by atoms with E-state index in [2.05, 4.69) is 10.2 Å². The van der Waals surface area contributed by atoms with E-state index < -0.39 is 36.8 Å². The molecule has 90 valence electrons. The number of nitrogens with one attached hydrogen (secondary N) is 2. The Morgan fingerprint density at radius 3 is 2.50 bits per heavy atom. The molecule has 5 N–H and O–H groups in total. The summed E-state index contributed by atoms with van der Waals surface area (Å²) in [6.07, 6.45) is -4.61. The fourth-order valence-electron chi connectivity index (χ4n) is 1.64. The van der Waals surface area contributed by atoms with E-state index in [4.69, 9.17) is 22.1 Å². The smallest absolute Gasteiger partial charge is 0.344 e. The first-order valence-corrected chi connectivity index (χ1v) is 4.98. The molecule has 8 nitrogen and oxygen atoms in total. The molecular weight excluding hydrogens is 238 g/mol. The van der Waals surface area contributed by atoms with Crippen molar-refractivity contribution in [2.24, 2.45) is 0 Å². The van der Waals surface area contributed by atoms with Gasteiger partial charge in [-0.25, -0.2) is 14.5 Å². The van der Waals surface area contributed by atoms with E-state index in [0.29, 0.717) is 0 Å². The minimum atomic E-state index is -1.32. The third-order valence-electron chi connectivity index (χ3n) is 2.49. The van der Waals surface area contributed by atoms with Gasteiger partial charge in [0.05, 0.1) is 6.61 Å². The molecule has 2 rings (SSSR count). The molecule has 0 aromatic carbocycles. The number of hydrogen-bond donors (Lipinski definition) is 5. The molecule has 0 radical (unpaired) electrons. The highest BCUT2D eigenvalue weighted by molar-refractivity contribution is 7.71. The highest BCUT2D eigenvalue weighted by atomic mass is 32.1. The van der Waals surface area contributed by atoms with E-state index in [1.807, 2.05) is 0 Å². The normalized spacial score (nSPS) is 34.4. The van der Waals surface area contributed by atoms with Crippen LogP contribution in [-0.2, 0) is 4.74 Å². The topological polar surface area (TPSA) is 124 Å². The van der Waals surface area contributed by atoms with E-state index in [1.165, 1.54) is 0 Å². The molecule has 9 heteroatoms. The van der Waals surface area contributed by atoms with E-state index >= 15 is 0 Å². The maximum absolute atomic E-state index is 11.3. The lowest BCUT2D eigenvalue weighted by Gasteiger charge is -2.14. The summed E-state index contributed by atoms with van der Waals surface area (Å²) in [6, 6.07) is 0. The van der Waals surface area contributed by atoms with Crippen LogP contribution in [0.4, 0.5) is 0 Å². The molecule has 2 heterocycles. The minimum absolute atomic E-state index is 0.0415. The maximum Gasteiger partial charge on any atom is 0.344 e. The number of rotatable bonds is 2. The van der Waals surface area contributed by atoms with Crippen LogP contribution >= 0.6 is 12.2 Å². The minimum Gasteiger partial charge on any atom is -0.394 e. The molecule has 1 aromatic heterocycles. The van der Waals surface area contributed by atoms with Crippen molar-refractivity contribution < 1.29 is 20.1 Å². The molecule has 1 aliphatic rings. The van der Waals surface area contributed by atoms with Gasteiger partial charge in [0.2, 0.25) is 0 Å². The number of aliphatic hydroxyl groups is 3. The van der Waals surface area contributed by atoms with Gasteiger partial charge in [-0.3, -0.25) is 5.10 Å². The van der Waals surface area contributed by atoms with Crippen molar-refractivity contribution in [1.82, 2.24) is 14.8 Å². The molecule has 0 saturated carbocycles. The van der Waals surface area contributed by atoms with Crippen molar-refractivity contribution in [1.29, 1.82) is 0 Å². The molecule has 16 heavy (non-hydrogen) atoms. The zero-order valence-corrected chi connectivity index (χ0v) is 8.85. The van der Waals surface area contributed by atoms with Crippen LogP contribution in [0.15, 0.2) is 4.79 Å². The fourth-order valence-corrected chi connectivity index (χ4v) is 1.88. The molecule has 1 aromatic rings. The lowest BCUT2D eigenvalue weighted by atomic mass is 10.1. The van der Waals surface area contributed by atoms with Crippen molar-refractivity contribution in [2.75, 3.05) is 6.61 Å². The third-order valence-corrected chi connectivity index (χ3v) is 2.78. The van der Waals surface area contributed by atoms with Crippen LogP contribution in [0.25, 0.3) is 0 Å². The SMILES string of the molecule is O=c1[nH][nH]c(=S)n1C1O[C@H](CO)[C@@H](O)[C@H]1O. The summed E-state index contributed by atoms with van der Waals surface area (Å²) < 4.78 is 6.16. The average molecular weight is 249 g/mol. The van der Waals surface area contributed by atoms with E-state index in [-0.39, 0.29) is 4.77 Å². The van der Waals surface area contributed by atoms with Gasteiger partial charge in [-0.15, -0.1) is 0 Å². The molecular formula is C7H11N3O5S. The Bertz CT molecular complexity index is 451. The van der Waals surface area contributed by atoms with Gasteiger partial charge in [0.15, 0.2) is 11.0 Å². The zero-order valence-electron chi connectivity index (χ0n) is 8.03. The van der Waals surface area contributed by atoms with Gasteiger partial charge in [0.25, 0.3) is 0 Å². The Hall–Kier alpha value is -1.00. The molecule has 1 fully saturated rings. The first-order valence-electron chi connectivity index (χ1n) is 4.58. The second-order valence-corrected chi connectivity index (χ2v) is 3.85. The summed E-state index contributed by atoms with van der Waals surface area (Å²) in [5, 5.41) is 32.7. The molecule has 4 atom stereocenters. The largest absolute Gasteiger partial charge is 0.394 e. The zero-order chi connectivity index (χ0) is 11.9. The standard InChI is InChI=1S/C7H11N3O5S/c11-1-2-3(12)4(13)5(15-2)10-6(14)8-9-7(10)16/h2-5,11-13H,1H2,(H,8,14)(H,9,16)/t2-,3-,4-,5?/m1/s1. The summed E-state index contributed by atoms with van der Waals surface area (Å²) in [5.74, 6) is 0. The Kier molecular flexibility index (Phi) is 2.95. The van der Waals surface area contributed by atoms with Gasteiger partial charge in [-0.1, -0.05) is 0 Å². The number of hydrogen-bond acceptors (Lipinski definition) is 6. The Labute approximate surface area is 94.1 Å². The first-order chi connectivity index (χ1) is 7.56. The number of ether oxygens (including phenoxy) is 1. The van der Waals surface area contributed by atoms with Gasteiger partial charge in [-0.05, 0) is 12.2 Å². The van der Waals surface area contributed by atoms with E-state index in [0.717, 1.165) is 4.57 Å². The average Bonchev–Trinajstić information content (AvgIpc) is 2.72. The lowest BCUT2D eigenvalue weighted by molar-refractivity contribution is -0.0549. The number of nitrogens with zero attached hydrogens (tertiary/aromatic N) is 1. The summed E-state index contributed by atoms with van der Waals surface area (Å²) in [6.45, 7) is -0.454. The van der Waals surface area contributed by atoms with Crippen molar-refractivity contribution >= 4 is 12.2 Å². The Balaban J connectivity index is 2.37. The van der Waals surface area contributed by atoms with Crippen LogP contribution in [0.3, 0.4) is 0 Å². The third kappa shape index (κ3) is 1.62. The van der Waals surface area contributed by atoms with Crippen molar-refractivity contribution in [2.45, 2.75) is 24.5 Å². The van der Waals surface area contributed by atoms with E-state index in [9.17, 15) is 15.0 Å². The second-order valence-electron chi connectivity index (χ2n) is 3.46. The predicted molar refractivity (Wildman–Crippen MR) is 53.2 cm³/mol. The first kappa shape index (κ1) is 11.5. The Morgan fingerprint density at radius 1 is 1.38 bits per heavy atom. The van der Waals surface area contributed by atoms with Gasteiger partial charge < -0.3 is 20.1 Å². The summed E-state index contributed by atoms with van der Waals surface area (Å²) >= 11 is 4.82. The second kappa shape index (κ2) is 4.11. The molecule has 1 saturated heterocycles. The van der Waals surface area contributed by atoms with Gasteiger partial charge in [0, 0.05) is 0 Å². The molecule has 0 aliphatic carbocycles. The van der Waals surface area contributed by atoms with Crippen LogP contribution in [0.5, 0.6) is 0 Å². The quantitative estimate of drug-likeness (QED) is 0.381. The van der Waals surface area contributed by atoms with Crippen LogP contribution in [0.2, 0.25) is 0 Å². The van der Waals surface area contributed by atoms with Crippen molar-refractivity contribution in [3.8, 4) is 0 Å². The number of aliphatic hydroxyl groups excluding tert-OH is 3. The van der Waals surface area contributed by atoms with Crippen molar-refractivity contribution in [3.05, 3.63) is 15.3 Å². The molecule has 0 spiro atoms. The van der Waals surface area contributed by atoms with Gasteiger partial charge >= 0.3 is 5.69 Å². The molecule has 1 unspecified atom stereocenters. The van der Waals surface area contributed by atoms with Crippen LogP contribution in [-0.4, -0.2) is 55.0 Å². The molecule has 0 amide bonds. The summed E-state index contributed by atoms with van der Waals surface area (Å²) in [4.78, 5) is 11.3. The van der Waals surface area contributed by atoms with Crippen molar-refractivity contribution in [3.63, 3.8) is 0 Å². The van der Waals surface area contributed by atoms with Crippen LogP contribution in [0, 0.1) is 4.77 Å². The number of aromatic amines is 2. The summed E-state index contributed by atoms with van der Waals surface area (Å²) in [7, 11) is 0.